The van der Waals surface area contributed by atoms with Crippen LogP contribution >= 0.6 is 7.60 Å². The molecule has 6 heteroatoms. The fraction of sp³-hybridized carbons (Fsp3) is 0.625. The maximum Gasteiger partial charge on any atom is 0.331 e. The van der Waals surface area contributed by atoms with E-state index in [1.54, 1.807) is 34.0 Å². The molecule has 30 heavy (non-hydrogen) atoms. The first-order chi connectivity index (χ1) is 13.7. The number of benzene rings is 1. The van der Waals surface area contributed by atoms with Crippen LogP contribution in [0.3, 0.4) is 0 Å². The van der Waals surface area contributed by atoms with Gasteiger partial charge in [0.2, 0.25) is 0 Å². The molecular formula is C24H39O5P. The summed E-state index contributed by atoms with van der Waals surface area (Å²) in [6.07, 6.45) is 2.58. The Morgan fingerprint density at radius 3 is 2.13 bits per heavy atom. The minimum atomic E-state index is -3.26. The van der Waals surface area contributed by atoms with Crippen molar-refractivity contribution in [3.05, 3.63) is 34.9 Å². The van der Waals surface area contributed by atoms with Crippen LogP contribution in [-0.2, 0) is 29.2 Å². The van der Waals surface area contributed by atoms with Gasteiger partial charge in [0, 0.05) is 17.3 Å². The molecule has 0 N–H and O–H groups in total. The van der Waals surface area contributed by atoms with Gasteiger partial charge in [-0.2, -0.15) is 0 Å². The second-order valence-corrected chi connectivity index (χ2v) is 11.8. The molecule has 0 heterocycles. The molecule has 0 bridgehead atoms. The highest BCUT2D eigenvalue weighted by molar-refractivity contribution is 7.53. The van der Waals surface area contributed by atoms with Crippen LogP contribution in [0.2, 0.25) is 0 Å². The number of ketones is 1. The van der Waals surface area contributed by atoms with E-state index in [0.29, 0.717) is 0 Å². The van der Waals surface area contributed by atoms with Gasteiger partial charge in [0.1, 0.15) is 11.9 Å². The molecule has 1 aromatic rings. The molecule has 0 saturated carbocycles. The summed E-state index contributed by atoms with van der Waals surface area (Å²) in [5.41, 5.74) is 2.90. The lowest BCUT2D eigenvalue weighted by molar-refractivity contribution is -0.120. The predicted molar refractivity (Wildman–Crippen MR) is 125 cm³/mol. The largest absolute Gasteiger partial charge is 0.496 e. The molecule has 1 aromatic carbocycles. The summed E-state index contributed by atoms with van der Waals surface area (Å²) in [4.78, 5) is 12.6. The first kappa shape index (κ1) is 26.6. The van der Waals surface area contributed by atoms with Crippen molar-refractivity contribution in [2.24, 2.45) is 0 Å². The maximum atomic E-state index is 12.6. The highest BCUT2D eigenvalue weighted by Gasteiger charge is 2.28. The van der Waals surface area contributed by atoms with Crippen molar-refractivity contribution in [3.8, 4) is 5.75 Å². The molecule has 0 spiro atoms. The van der Waals surface area contributed by atoms with Gasteiger partial charge in [0.25, 0.3) is 0 Å². The SMILES string of the molecule is CCOP(=O)(CC)OC(C)C(=O)C=Cc1cc(C(C)(C)C)cc(C(C)(C)C)c1OC. The summed E-state index contributed by atoms with van der Waals surface area (Å²) in [7, 11) is -1.62. The van der Waals surface area contributed by atoms with Gasteiger partial charge in [0.05, 0.1) is 13.7 Å². The summed E-state index contributed by atoms with van der Waals surface area (Å²) in [5, 5.41) is 0. The lowest BCUT2D eigenvalue weighted by atomic mass is 9.79. The van der Waals surface area contributed by atoms with Crippen LogP contribution in [0, 0.1) is 0 Å². The van der Waals surface area contributed by atoms with Gasteiger partial charge in [0.15, 0.2) is 5.78 Å². The minimum Gasteiger partial charge on any atom is -0.496 e. The number of carbonyl (C=O) groups excluding carboxylic acids is 1. The Kier molecular flexibility index (Phi) is 9.10. The molecule has 2 atom stereocenters. The van der Waals surface area contributed by atoms with E-state index in [2.05, 4.69) is 53.7 Å². The topological polar surface area (TPSA) is 61.8 Å². The summed E-state index contributed by atoms with van der Waals surface area (Å²) < 4.78 is 29.0. The van der Waals surface area contributed by atoms with Crippen molar-refractivity contribution < 1.29 is 23.1 Å². The van der Waals surface area contributed by atoms with E-state index in [9.17, 15) is 9.36 Å². The highest BCUT2D eigenvalue weighted by atomic mass is 31.2. The first-order valence-corrected chi connectivity index (χ1v) is 12.3. The van der Waals surface area contributed by atoms with Gasteiger partial charge in [-0.3, -0.25) is 13.9 Å². The van der Waals surface area contributed by atoms with Crippen LogP contribution in [0.1, 0.15) is 79.0 Å². The van der Waals surface area contributed by atoms with Crippen LogP contribution in [0.4, 0.5) is 0 Å². The van der Waals surface area contributed by atoms with Crippen molar-refractivity contribution in [1.29, 1.82) is 0 Å². The zero-order valence-corrected chi connectivity index (χ0v) is 21.2. The number of hydrogen-bond acceptors (Lipinski definition) is 5. The molecule has 0 aliphatic rings. The van der Waals surface area contributed by atoms with Crippen molar-refractivity contribution in [3.63, 3.8) is 0 Å². The maximum absolute atomic E-state index is 12.6. The van der Waals surface area contributed by atoms with Gasteiger partial charge in [-0.1, -0.05) is 54.5 Å². The normalized spacial score (nSPS) is 15.8. The average Bonchev–Trinajstić information content (AvgIpc) is 2.63. The third-order valence-electron chi connectivity index (χ3n) is 4.86. The van der Waals surface area contributed by atoms with Crippen LogP contribution in [0.25, 0.3) is 6.08 Å². The summed E-state index contributed by atoms with van der Waals surface area (Å²) in [6, 6.07) is 4.24. The smallest absolute Gasteiger partial charge is 0.331 e. The number of rotatable bonds is 9. The minimum absolute atomic E-state index is 0.0550. The van der Waals surface area contributed by atoms with Crippen molar-refractivity contribution in [2.75, 3.05) is 19.9 Å². The molecular weight excluding hydrogens is 399 g/mol. The Bertz CT molecular complexity index is 812. The quantitative estimate of drug-likeness (QED) is 0.324. The van der Waals surface area contributed by atoms with E-state index in [1.807, 2.05) is 0 Å². The van der Waals surface area contributed by atoms with Gasteiger partial charge in [-0.05, 0) is 48.5 Å². The highest BCUT2D eigenvalue weighted by Crippen LogP contribution is 2.48. The van der Waals surface area contributed by atoms with E-state index in [4.69, 9.17) is 13.8 Å². The molecule has 170 valence electrons. The number of carbonyl (C=O) groups is 1. The first-order valence-electron chi connectivity index (χ1n) is 10.6. The third kappa shape index (κ3) is 7.08. The van der Waals surface area contributed by atoms with Gasteiger partial charge >= 0.3 is 7.60 Å². The van der Waals surface area contributed by atoms with Crippen LogP contribution in [0.5, 0.6) is 5.75 Å². The van der Waals surface area contributed by atoms with E-state index in [1.165, 1.54) is 6.08 Å². The zero-order valence-electron chi connectivity index (χ0n) is 20.3. The van der Waals surface area contributed by atoms with Crippen LogP contribution in [0.15, 0.2) is 18.2 Å². The average molecular weight is 439 g/mol. The molecule has 0 aromatic heterocycles. The van der Waals surface area contributed by atoms with Gasteiger partial charge in [-0.15, -0.1) is 0 Å². The molecule has 0 aliphatic carbocycles. The van der Waals surface area contributed by atoms with Gasteiger partial charge in [-0.25, -0.2) is 0 Å². The molecule has 0 amide bonds. The zero-order chi connectivity index (χ0) is 23.3. The van der Waals surface area contributed by atoms with E-state index < -0.39 is 13.7 Å². The Labute approximate surface area is 182 Å². The van der Waals surface area contributed by atoms with Crippen LogP contribution < -0.4 is 4.74 Å². The molecule has 2 unspecified atom stereocenters. The molecule has 0 radical (unpaired) electrons. The van der Waals surface area contributed by atoms with Crippen molar-refractivity contribution in [2.45, 2.75) is 79.2 Å². The van der Waals surface area contributed by atoms with Gasteiger partial charge < -0.3 is 9.26 Å². The Morgan fingerprint density at radius 2 is 1.70 bits per heavy atom. The van der Waals surface area contributed by atoms with E-state index >= 15 is 0 Å². The lowest BCUT2D eigenvalue weighted by Crippen LogP contribution is -2.19. The van der Waals surface area contributed by atoms with E-state index in [0.717, 1.165) is 22.4 Å². The predicted octanol–water partition coefficient (Wildman–Crippen LogP) is 6.53. The molecule has 1 rings (SSSR count). The second-order valence-electron chi connectivity index (χ2n) is 9.47. The number of ether oxygens (including phenoxy) is 1. The molecule has 5 nitrogen and oxygen atoms in total. The lowest BCUT2D eigenvalue weighted by Gasteiger charge is -2.28. The molecule has 0 aliphatic heterocycles. The van der Waals surface area contributed by atoms with Crippen molar-refractivity contribution in [1.82, 2.24) is 0 Å². The second kappa shape index (κ2) is 10.3. The Balaban J connectivity index is 3.32. The van der Waals surface area contributed by atoms with Crippen molar-refractivity contribution >= 4 is 19.5 Å². The summed E-state index contributed by atoms with van der Waals surface area (Å²) >= 11 is 0. The standard InChI is InChI=1S/C24H39O5P/c1-11-28-30(26,12-2)29-17(3)21(25)14-13-18-15-19(23(4,5)6)16-20(22(18)27-10)24(7,8)9/h13-17H,11-12H2,1-10H3. The van der Waals surface area contributed by atoms with Crippen LogP contribution in [-0.4, -0.2) is 31.8 Å². The molecule has 0 saturated heterocycles. The number of methoxy groups -OCH3 is 1. The van der Waals surface area contributed by atoms with E-state index in [-0.39, 0.29) is 29.4 Å². The third-order valence-corrected chi connectivity index (χ3v) is 6.92. The fourth-order valence-electron chi connectivity index (χ4n) is 2.99. The summed E-state index contributed by atoms with van der Waals surface area (Å²) in [5.74, 6) is 0.477. The number of hydrogen-bond donors (Lipinski definition) is 0. The summed E-state index contributed by atoms with van der Waals surface area (Å²) in [6.45, 7) is 18.2. The Hall–Kier alpha value is -1.42. The Morgan fingerprint density at radius 1 is 1.10 bits per heavy atom. The fourth-order valence-corrected chi connectivity index (χ4v) is 4.36. The molecule has 0 fully saturated rings. The monoisotopic (exact) mass is 438 g/mol.